The number of amides is 2. The predicted molar refractivity (Wildman–Crippen MR) is 162 cm³/mol. The molecule has 3 rings (SSSR count). The lowest BCUT2D eigenvalue weighted by atomic mass is 9.76. The number of nitrogens with one attached hydrogen (secondary N) is 1. The molecule has 0 saturated carbocycles. The first-order valence-corrected chi connectivity index (χ1v) is 14.6. The van der Waals surface area contributed by atoms with E-state index in [0.717, 1.165) is 16.3 Å². The Hall–Kier alpha value is -2.86. The van der Waals surface area contributed by atoms with Crippen molar-refractivity contribution in [3.05, 3.63) is 48.0 Å². The van der Waals surface area contributed by atoms with Gasteiger partial charge in [-0.2, -0.15) is 0 Å². The highest BCUT2D eigenvalue weighted by Crippen LogP contribution is 2.20. The molecule has 1 heterocycles. The zero-order valence-electron chi connectivity index (χ0n) is 25.1. The quantitative estimate of drug-likeness (QED) is 0.0883. The number of nitrogens with zero attached hydrogens (tertiary/aromatic N) is 1. The van der Waals surface area contributed by atoms with Crippen LogP contribution in [0.1, 0.15) is 25.8 Å². The molecule has 44 heavy (non-hydrogen) atoms. The Morgan fingerprint density at radius 1 is 1.00 bits per heavy atom. The number of rotatable bonds is 13. The van der Waals surface area contributed by atoms with Gasteiger partial charge in [0.25, 0.3) is 0 Å². The monoisotopic (exact) mass is 623 g/mol. The van der Waals surface area contributed by atoms with E-state index in [1.54, 1.807) is 0 Å². The number of hydrogen-bond donors (Lipinski definition) is 9. The van der Waals surface area contributed by atoms with E-state index >= 15 is 0 Å². The van der Waals surface area contributed by atoms with Gasteiger partial charge in [-0.15, -0.1) is 0 Å². The van der Waals surface area contributed by atoms with Crippen molar-refractivity contribution in [2.45, 2.75) is 63.1 Å². The van der Waals surface area contributed by atoms with E-state index in [0.29, 0.717) is 38.6 Å². The van der Waals surface area contributed by atoms with Crippen LogP contribution in [0.3, 0.4) is 0 Å². The fourth-order valence-corrected chi connectivity index (χ4v) is 4.49. The molecule has 15 heteroatoms. The van der Waals surface area contributed by atoms with Crippen molar-refractivity contribution < 1.29 is 54.6 Å². The van der Waals surface area contributed by atoms with Gasteiger partial charge in [0.15, 0.2) is 0 Å². The number of aliphatic hydroxyl groups is 5. The maximum atomic E-state index is 13.0. The van der Waals surface area contributed by atoms with Crippen LogP contribution >= 0.6 is 0 Å². The number of ether oxygens (including phenoxy) is 2. The van der Waals surface area contributed by atoms with Crippen molar-refractivity contribution in [1.82, 2.24) is 10.2 Å². The minimum atomic E-state index is -1.87. The highest BCUT2D eigenvalue weighted by atomic mass is 16.5. The minimum Gasteiger partial charge on any atom is -0.461 e. The molecule has 1 aliphatic heterocycles. The lowest BCUT2D eigenvalue weighted by Gasteiger charge is -2.29. The average molecular weight is 624 g/mol. The Labute approximate surface area is 257 Å². The predicted octanol–water partition coefficient (Wildman–Crippen LogP) is -1.86. The molecule has 6 atom stereocenters. The first-order chi connectivity index (χ1) is 20.8. The van der Waals surface area contributed by atoms with Crippen LogP contribution in [0.15, 0.2) is 42.5 Å². The lowest BCUT2D eigenvalue weighted by molar-refractivity contribution is -0.158. The van der Waals surface area contributed by atoms with E-state index in [1.807, 2.05) is 56.3 Å². The fourth-order valence-electron chi connectivity index (χ4n) is 4.49. The summed E-state index contributed by atoms with van der Waals surface area (Å²) >= 11 is 0. The van der Waals surface area contributed by atoms with Gasteiger partial charge in [-0.25, -0.2) is 9.59 Å². The Kier molecular flexibility index (Phi) is 16.0. The molecule has 2 aromatic rings. The summed E-state index contributed by atoms with van der Waals surface area (Å²) in [6.45, 7) is 3.97. The summed E-state index contributed by atoms with van der Waals surface area (Å²) in [7, 11) is -1.37. The summed E-state index contributed by atoms with van der Waals surface area (Å²) in [5.74, 6) is -0.921. The molecule has 14 nitrogen and oxygen atoms in total. The molecule has 0 radical (unpaired) electrons. The second-order valence-corrected chi connectivity index (χ2v) is 11.1. The molecule has 0 bridgehead atoms. The molecule has 10 N–H and O–H groups in total. The van der Waals surface area contributed by atoms with Crippen LogP contribution in [0.5, 0.6) is 0 Å². The summed E-state index contributed by atoms with van der Waals surface area (Å²) in [6, 6.07) is 11.7. The highest BCUT2D eigenvalue weighted by Gasteiger charge is 2.32. The molecular formula is C29H46BN3O11. The number of hydrogen-bond acceptors (Lipinski definition) is 12. The molecule has 0 spiro atoms. The van der Waals surface area contributed by atoms with Gasteiger partial charge in [0.2, 0.25) is 0 Å². The summed E-state index contributed by atoms with van der Waals surface area (Å²) in [5.41, 5.74) is 6.12. The van der Waals surface area contributed by atoms with Gasteiger partial charge in [0, 0.05) is 25.5 Å². The van der Waals surface area contributed by atoms with E-state index < -0.39 is 68.7 Å². The highest BCUT2D eigenvalue weighted by molar-refractivity contribution is 6.43. The standard InChI is InChI=1S/C24H32N2O9.C5H14BNO2/c27-13-19(28)21(30)22(31)20(29)14-35-23(32)18(25-24(33)26-8-10-34-11-9-26)12-16-6-3-5-15-4-1-2-7-17(15)16;1-4(2)3-5(7)6(8)9/h1-7,18-22,27-31H,8-14H2,(H,25,33);4-5,8-9H,3,7H2,1-2H3/t18-,19+,20+,21+,22+;5-/m00/s1. The molecule has 1 saturated heterocycles. The smallest absolute Gasteiger partial charge is 0.461 e. The van der Waals surface area contributed by atoms with Crippen molar-refractivity contribution in [3.8, 4) is 0 Å². The van der Waals surface area contributed by atoms with Crippen molar-refractivity contribution in [2.75, 3.05) is 39.5 Å². The minimum absolute atomic E-state index is 0.112. The fraction of sp³-hybridized carbons (Fsp3) is 0.586. The van der Waals surface area contributed by atoms with Gasteiger partial charge in [0.05, 0.1) is 19.8 Å². The van der Waals surface area contributed by atoms with Gasteiger partial charge in [-0.1, -0.05) is 56.3 Å². The Bertz CT molecular complexity index is 1150. The van der Waals surface area contributed by atoms with E-state index in [2.05, 4.69) is 5.32 Å². The molecule has 246 valence electrons. The number of carbonyl (C=O) groups is 2. The Morgan fingerprint density at radius 3 is 2.20 bits per heavy atom. The van der Waals surface area contributed by atoms with Crippen molar-refractivity contribution >= 4 is 29.9 Å². The number of esters is 1. The third kappa shape index (κ3) is 11.9. The van der Waals surface area contributed by atoms with Crippen LogP contribution in [0.4, 0.5) is 4.79 Å². The second-order valence-electron chi connectivity index (χ2n) is 11.1. The maximum Gasteiger partial charge on any atom is 0.469 e. The average Bonchev–Trinajstić information content (AvgIpc) is 3.02. The molecule has 0 aliphatic carbocycles. The van der Waals surface area contributed by atoms with Crippen LogP contribution in [0, 0.1) is 5.92 Å². The SMILES string of the molecule is CC(C)C[C@H](N)B(O)O.O=C(OC[C@@H](O)[C@@H](O)[C@H](O)[C@H](O)CO)[C@H](Cc1cccc2ccccc12)NC(=O)N1CCOCC1. The molecule has 0 unspecified atom stereocenters. The Balaban J connectivity index is 0.000000651. The van der Waals surface area contributed by atoms with Crippen LogP contribution in [-0.4, -0.2) is 136 Å². The molecule has 0 aromatic heterocycles. The van der Waals surface area contributed by atoms with Gasteiger partial charge in [0.1, 0.15) is 37.1 Å². The normalized spacial score (nSPS) is 17.5. The summed E-state index contributed by atoms with van der Waals surface area (Å²) in [4.78, 5) is 27.3. The van der Waals surface area contributed by atoms with Gasteiger partial charge >= 0.3 is 19.1 Å². The first kappa shape index (κ1) is 37.3. The van der Waals surface area contributed by atoms with E-state index in [9.17, 15) is 30.0 Å². The number of morpholine rings is 1. The van der Waals surface area contributed by atoms with Gasteiger partial charge in [-0.3, -0.25) is 0 Å². The van der Waals surface area contributed by atoms with Crippen LogP contribution in [-0.2, 0) is 20.7 Å². The van der Waals surface area contributed by atoms with E-state index in [1.165, 1.54) is 4.90 Å². The Morgan fingerprint density at radius 2 is 1.61 bits per heavy atom. The molecule has 1 fully saturated rings. The van der Waals surface area contributed by atoms with Crippen molar-refractivity contribution in [3.63, 3.8) is 0 Å². The van der Waals surface area contributed by atoms with Crippen molar-refractivity contribution in [2.24, 2.45) is 11.7 Å². The zero-order valence-corrected chi connectivity index (χ0v) is 25.1. The lowest BCUT2D eigenvalue weighted by Crippen LogP contribution is -2.53. The summed E-state index contributed by atoms with van der Waals surface area (Å²) in [5, 5.41) is 69.7. The third-order valence-electron chi connectivity index (χ3n) is 7.03. The number of carbonyl (C=O) groups excluding carboxylic acids is 2. The second kappa shape index (κ2) is 18.8. The molecule has 2 amide bonds. The maximum absolute atomic E-state index is 13.0. The number of benzene rings is 2. The number of aliphatic hydroxyl groups excluding tert-OH is 5. The zero-order chi connectivity index (χ0) is 32.8. The van der Waals surface area contributed by atoms with Crippen molar-refractivity contribution in [1.29, 1.82) is 0 Å². The molecule has 1 aliphatic rings. The van der Waals surface area contributed by atoms with Crippen LogP contribution < -0.4 is 11.1 Å². The topological polar surface area (TPSA) is 235 Å². The van der Waals surface area contributed by atoms with E-state index in [4.69, 9.17) is 30.4 Å². The first-order valence-electron chi connectivity index (χ1n) is 14.6. The van der Waals surface area contributed by atoms with Crippen LogP contribution in [0.25, 0.3) is 10.8 Å². The number of urea groups is 1. The van der Waals surface area contributed by atoms with Gasteiger partial charge in [-0.05, 0) is 28.7 Å². The third-order valence-corrected chi connectivity index (χ3v) is 7.03. The molecular weight excluding hydrogens is 577 g/mol. The summed E-state index contributed by atoms with van der Waals surface area (Å²) < 4.78 is 10.4. The van der Waals surface area contributed by atoms with Gasteiger partial charge < -0.3 is 61.0 Å². The number of fused-ring (bicyclic) bond motifs is 1. The van der Waals surface area contributed by atoms with Crippen LogP contribution in [0.2, 0.25) is 0 Å². The number of nitrogens with two attached hydrogens (primary N) is 1. The summed E-state index contributed by atoms with van der Waals surface area (Å²) in [6.07, 6.45) is -6.37. The molecule has 2 aromatic carbocycles. The van der Waals surface area contributed by atoms with E-state index in [-0.39, 0.29) is 6.42 Å². The largest absolute Gasteiger partial charge is 0.469 e.